The normalized spacial score (nSPS) is 16.7. The van der Waals surface area contributed by atoms with Crippen molar-refractivity contribution in [3.8, 4) is 5.95 Å². The van der Waals surface area contributed by atoms with E-state index in [-0.39, 0.29) is 5.91 Å². The van der Waals surface area contributed by atoms with Crippen LogP contribution in [0.5, 0.6) is 0 Å². The van der Waals surface area contributed by atoms with Crippen LogP contribution in [0.2, 0.25) is 0 Å². The summed E-state index contributed by atoms with van der Waals surface area (Å²) >= 11 is 0. The largest absolute Gasteiger partial charge is 0.381 e. The monoisotopic (exact) mass is 371 g/mol. The van der Waals surface area contributed by atoms with E-state index >= 15 is 0 Å². The summed E-state index contributed by atoms with van der Waals surface area (Å²) < 4.78 is 7.19. The van der Waals surface area contributed by atoms with E-state index in [4.69, 9.17) is 4.74 Å². The molecule has 3 rings (SSSR count). The number of likely N-dealkylation sites (N-methyl/N-ethyl adjacent to an activating group) is 1. The number of carbonyl (C=O) groups is 1. The van der Waals surface area contributed by atoms with E-state index in [1.807, 2.05) is 45.6 Å². The quantitative estimate of drug-likeness (QED) is 0.779. The Balaban J connectivity index is 1.80. The second kappa shape index (κ2) is 8.17. The summed E-state index contributed by atoms with van der Waals surface area (Å²) in [6.45, 7) is 12.9. The summed E-state index contributed by atoms with van der Waals surface area (Å²) in [7, 11) is 0. The van der Waals surface area contributed by atoms with Crippen LogP contribution in [0.4, 0.5) is 0 Å². The Labute approximate surface area is 160 Å². The molecule has 2 aromatic rings. The van der Waals surface area contributed by atoms with Crippen LogP contribution < -0.4 is 0 Å². The van der Waals surface area contributed by atoms with Crippen molar-refractivity contribution < 1.29 is 9.53 Å². The number of rotatable bonds is 6. The first-order valence-electron chi connectivity index (χ1n) is 9.62. The van der Waals surface area contributed by atoms with Gasteiger partial charge in [0, 0.05) is 48.3 Å². The first-order chi connectivity index (χ1) is 12.9. The molecule has 0 bridgehead atoms. The zero-order valence-electron chi connectivity index (χ0n) is 16.9. The summed E-state index contributed by atoms with van der Waals surface area (Å²) in [4.78, 5) is 23.8. The Morgan fingerprint density at radius 3 is 2.56 bits per heavy atom. The topological polar surface area (TPSA) is 73.1 Å². The second-order valence-corrected chi connectivity index (χ2v) is 7.35. The molecule has 0 unspecified atom stereocenters. The van der Waals surface area contributed by atoms with Crippen molar-refractivity contribution in [3.05, 3.63) is 34.4 Å². The maximum absolute atomic E-state index is 12.9. The van der Waals surface area contributed by atoms with Gasteiger partial charge in [0.2, 0.25) is 5.91 Å². The van der Waals surface area contributed by atoms with Crippen LogP contribution in [0, 0.1) is 33.6 Å². The van der Waals surface area contributed by atoms with Crippen LogP contribution in [0.1, 0.15) is 41.7 Å². The number of aromatic nitrogens is 4. The smallest absolute Gasteiger partial charge is 0.251 e. The second-order valence-electron chi connectivity index (χ2n) is 7.35. The van der Waals surface area contributed by atoms with Crippen LogP contribution in [0.15, 0.2) is 6.07 Å². The lowest BCUT2D eigenvalue weighted by Gasteiger charge is -2.24. The molecule has 1 aliphatic rings. The van der Waals surface area contributed by atoms with E-state index in [0.29, 0.717) is 24.8 Å². The molecule has 1 aliphatic heterocycles. The predicted octanol–water partition coefficient (Wildman–Crippen LogP) is 2.32. The van der Waals surface area contributed by atoms with Gasteiger partial charge in [-0.2, -0.15) is 5.10 Å². The Kier molecular flexibility index (Phi) is 5.89. The number of carbonyl (C=O) groups excluding carboxylic acids is 1. The fraction of sp³-hybridized carbons (Fsp3) is 0.600. The third-order valence-corrected chi connectivity index (χ3v) is 5.17. The van der Waals surface area contributed by atoms with E-state index in [0.717, 1.165) is 54.5 Å². The standard InChI is InChI=1S/C20H29N5O2/c1-6-24(11-17-7-8-27-12-17)19(26)10-18-15(4)23-25(16(18)5)20-21-13(2)9-14(3)22-20/h9,17H,6-8,10-12H2,1-5H3/t17-/m0/s1. The number of hydrogen-bond acceptors (Lipinski definition) is 5. The Morgan fingerprint density at radius 2 is 1.96 bits per heavy atom. The summed E-state index contributed by atoms with van der Waals surface area (Å²) in [5.41, 5.74) is 4.54. The Bertz CT molecular complexity index is 804. The summed E-state index contributed by atoms with van der Waals surface area (Å²) in [6.07, 6.45) is 1.38. The lowest BCUT2D eigenvalue weighted by Crippen LogP contribution is -2.36. The SMILES string of the molecule is CCN(C[C@@H]1CCOC1)C(=O)Cc1c(C)nn(-c2nc(C)cc(C)n2)c1C. The van der Waals surface area contributed by atoms with Crippen LogP contribution in [-0.4, -0.2) is 56.9 Å². The highest BCUT2D eigenvalue weighted by Crippen LogP contribution is 2.19. The zero-order valence-corrected chi connectivity index (χ0v) is 16.9. The van der Waals surface area contributed by atoms with Gasteiger partial charge >= 0.3 is 0 Å². The molecule has 1 atom stereocenters. The van der Waals surface area contributed by atoms with E-state index < -0.39 is 0 Å². The van der Waals surface area contributed by atoms with Gasteiger partial charge in [-0.15, -0.1) is 0 Å². The molecule has 0 saturated carbocycles. The molecule has 1 fully saturated rings. The van der Waals surface area contributed by atoms with E-state index in [2.05, 4.69) is 15.1 Å². The molecule has 3 heterocycles. The highest BCUT2D eigenvalue weighted by molar-refractivity contribution is 5.79. The third-order valence-electron chi connectivity index (χ3n) is 5.17. The average Bonchev–Trinajstić information content (AvgIpc) is 3.22. The van der Waals surface area contributed by atoms with Crippen LogP contribution >= 0.6 is 0 Å². The maximum Gasteiger partial charge on any atom is 0.251 e. The summed E-state index contributed by atoms with van der Waals surface area (Å²) in [6, 6.07) is 1.94. The van der Waals surface area contributed by atoms with Crippen molar-refractivity contribution in [2.75, 3.05) is 26.3 Å². The molecule has 1 saturated heterocycles. The summed E-state index contributed by atoms with van der Waals surface area (Å²) in [5, 5.41) is 4.61. The summed E-state index contributed by atoms with van der Waals surface area (Å²) in [5.74, 6) is 1.14. The minimum absolute atomic E-state index is 0.136. The molecule has 0 aromatic carbocycles. The van der Waals surface area contributed by atoms with Gasteiger partial charge in [0.25, 0.3) is 5.95 Å². The van der Waals surface area contributed by atoms with Crippen LogP contribution in [-0.2, 0) is 16.0 Å². The fourth-order valence-electron chi connectivity index (χ4n) is 3.64. The Morgan fingerprint density at radius 1 is 1.26 bits per heavy atom. The molecule has 0 N–H and O–H groups in total. The van der Waals surface area contributed by atoms with Gasteiger partial charge in [0.05, 0.1) is 18.7 Å². The van der Waals surface area contributed by atoms with Crippen molar-refractivity contribution in [2.24, 2.45) is 5.92 Å². The maximum atomic E-state index is 12.9. The lowest BCUT2D eigenvalue weighted by molar-refractivity contribution is -0.130. The van der Waals surface area contributed by atoms with Gasteiger partial charge in [-0.25, -0.2) is 14.6 Å². The molecule has 1 amide bonds. The molecule has 0 spiro atoms. The van der Waals surface area contributed by atoms with Gasteiger partial charge in [0.1, 0.15) is 0 Å². The van der Waals surface area contributed by atoms with E-state index in [1.165, 1.54) is 0 Å². The first-order valence-corrected chi connectivity index (χ1v) is 9.62. The molecule has 2 aromatic heterocycles. The molecule has 7 nitrogen and oxygen atoms in total. The van der Waals surface area contributed by atoms with Crippen molar-refractivity contribution in [2.45, 2.75) is 47.5 Å². The number of aryl methyl sites for hydroxylation is 3. The van der Waals surface area contributed by atoms with Crippen LogP contribution in [0.3, 0.4) is 0 Å². The first kappa shape index (κ1) is 19.5. The van der Waals surface area contributed by atoms with Crippen molar-refractivity contribution in [3.63, 3.8) is 0 Å². The minimum atomic E-state index is 0.136. The van der Waals surface area contributed by atoms with E-state index in [9.17, 15) is 4.79 Å². The molecular weight excluding hydrogens is 342 g/mol. The van der Waals surface area contributed by atoms with Gasteiger partial charge in [-0.1, -0.05) is 0 Å². The number of amides is 1. The van der Waals surface area contributed by atoms with Gasteiger partial charge in [-0.3, -0.25) is 4.79 Å². The zero-order chi connectivity index (χ0) is 19.6. The Hall–Kier alpha value is -2.28. The third kappa shape index (κ3) is 4.35. The lowest BCUT2D eigenvalue weighted by atomic mass is 10.1. The van der Waals surface area contributed by atoms with Crippen molar-refractivity contribution in [1.82, 2.24) is 24.6 Å². The number of ether oxygens (including phenoxy) is 1. The average molecular weight is 371 g/mol. The molecule has 7 heteroatoms. The van der Waals surface area contributed by atoms with Gasteiger partial charge in [0.15, 0.2) is 0 Å². The molecule has 0 aliphatic carbocycles. The molecule has 27 heavy (non-hydrogen) atoms. The molecular formula is C20H29N5O2. The highest BCUT2D eigenvalue weighted by Gasteiger charge is 2.24. The van der Waals surface area contributed by atoms with Crippen molar-refractivity contribution >= 4 is 5.91 Å². The number of hydrogen-bond donors (Lipinski definition) is 0. The van der Waals surface area contributed by atoms with Gasteiger partial charge in [-0.05, 0) is 47.1 Å². The fourth-order valence-corrected chi connectivity index (χ4v) is 3.64. The minimum Gasteiger partial charge on any atom is -0.381 e. The molecule has 0 radical (unpaired) electrons. The van der Waals surface area contributed by atoms with Crippen LogP contribution in [0.25, 0.3) is 5.95 Å². The van der Waals surface area contributed by atoms with Crippen molar-refractivity contribution in [1.29, 1.82) is 0 Å². The number of nitrogens with zero attached hydrogens (tertiary/aromatic N) is 5. The van der Waals surface area contributed by atoms with E-state index in [1.54, 1.807) is 4.68 Å². The highest BCUT2D eigenvalue weighted by atomic mass is 16.5. The predicted molar refractivity (Wildman–Crippen MR) is 103 cm³/mol. The molecule has 146 valence electrons. The van der Waals surface area contributed by atoms with Gasteiger partial charge < -0.3 is 9.64 Å².